The van der Waals surface area contributed by atoms with E-state index in [1.807, 2.05) is 13.0 Å². The molecule has 0 bridgehead atoms. The summed E-state index contributed by atoms with van der Waals surface area (Å²) in [5, 5.41) is 9.20. The van der Waals surface area contributed by atoms with Crippen LogP contribution in [0.3, 0.4) is 0 Å². The van der Waals surface area contributed by atoms with Gasteiger partial charge in [-0.1, -0.05) is 22.0 Å². The van der Waals surface area contributed by atoms with Gasteiger partial charge < -0.3 is 0 Å². The summed E-state index contributed by atoms with van der Waals surface area (Å²) >= 11 is 5.19. The highest BCUT2D eigenvalue weighted by molar-refractivity contribution is 14.1. The van der Waals surface area contributed by atoms with Crippen LogP contribution in [-0.2, 0) is 0 Å². The number of hydrogen-bond donors (Lipinski definition) is 0. The molecule has 0 fully saturated rings. The number of hydrogen-bond acceptors (Lipinski definition) is 2. The van der Waals surface area contributed by atoms with Crippen LogP contribution in [0, 0.1) is 21.8 Å². The number of Topliss-reactive ketones (excluding diaryl/α,β-unsaturated/α-hetero) is 1. The van der Waals surface area contributed by atoms with Crippen LogP contribution in [-0.4, -0.2) is 11.1 Å². The van der Waals surface area contributed by atoms with E-state index >= 15 is 0 Å². The fourth-order valence-electron chi connectivity index (χ4n) is 1.09. The van der Waals surface area contributed by atoms with Crippen LogP contribution in [0.2, 0.25) is 0 Å². The van der Waals surface area contributed by atoms with E-state index in [-0.39, 0.29) is 11.1 Å². The van der Waals surface area contributed by atoms with Gasteiger partial charge in [-0.3, -0.25) is 4.79 Å². The van der Waals surface area contributed by atoms with Gasteiger partial charge in [0.15, 0.2) is 5.78 Å². The molecule has 0 spiro atoms. The summed E-state index contributed by atoms with van der Waals surface area (Å²) in [4.78, 5) is 11.5. The lowest BCUT2D eigenvalue weighted by molar-refractivity contribution is 0.102. The van der Waals surface area contributed by atoms with E-state index in [2.05, 4.69) is 44.6 Å². The molecule has 0 atom stereocenters. The molecule has 0 amide bonds. The summed E-state index contributed by atoms with van der Waals surface area (Å²) in [6.07, 6.45) is 0. The zero-order valence-corrected chi connectivity index (χ0v) is 11.2. The molecular weight excluding hydrogens is 357 g/mol. The molecule has 0 aliphatic rings. The van der Waals surface area contributed by atoms with Gasteiger partial charge in [0.2, 0.25) is 0 Å². The smallest absolute Gasteiger partial charge is 0.174 e. The quantitative estimate of drug-likeness (QED) is 0.460. The van der Waals surface area contributed by atoms with Crippen LogP contribution in [0.5, 0.6) is 0 Å². The number of benzene rings is 1. The maximum absolute atomic E-state index is 11.5. The maximum atomic E-state index is 11.5. The van der Waals surface area contributed by atoms with Crippen molar-refractivity contribution in [2.75, 3.05) is 5.33 Å². The van der Waals surface area contributed by atoms with Crippen LogP contribution < -0.4 is 0 Å². The van der Waals surface area contributed by atoms with Gasteiger partial charge in [-0.05, 0) is 41.1 Å². The van der Waals surface area contributed by atoms with Crippen LogP contribution in [0.1, 0.15) is 21.5 Å². The molecule has 0 aliphatic heterocycles. The molecule has 0 unspecified atom stereocenters. The van der Waals surface area contributed by atoms with Crippen molar-refractivity contribution in [3.63, 3.8) is 0 Å². The Morgan fingerprint density at radius 2 is 2.29 bits per heavy atom. The molecule has 1 aromatic carbocycles. The molecular formula is C10H7BrINO. The number of rotatable bonds is 2. The number of aryl methyl sites for hydroxylation is 1. The lowest BCUT2D eigenvalue weighted by atomic mass is 10.0. The fraction of sp³-hybridized carbons (Fsp3) is 0.200. The number of halogens is 2. The molecule has 0 saturated heterocycles. The Kier molecular flexibility index (Phi) is 4.08. The van der Waals surface area contributed by atoms with Crippen molar-refractivity contribution in [1.29, 1.82) is 5.26 Å². The molecule has 0 heterocycles. The van der Waals surface area contributed by atoms with E-state index in [0.717, 1.165) is 9.13 Å². The summed E-state index contributed by atoms with van der Waals surface area (Å²) in [6.45, 7) is 1.92. The van der Waals surface area contributed by atoms with Crippen LogP contribution in [0.15, 0.2) is 12.1 Å². The highest BCUT2D eigenvalue weighted by atomic mass is 127. The Balaban J connectivity index is 3.40. The van der Waals surface area contributed by atoms with Gasteiger partial charge in [0.1, 0.15) is 6.07 Å². The van der Waals surface area contributed by atoms with Crippen LogP contribution >= 0.6 is 38.5 Å². The van der Waals surface area contributed by atoms with Gasteiger partial charge in [-0.25, -0.2) is 0 Å². The summed E-state index contributed by atoms with van der Waals surface area (Å²) in [6, 6.07) is 5.64. The third kappa shape index (κ3) is 2.15. The van der Waals surface area contributed by atoms with Crippen LogP contribution in [0.25, 0.3) is 0 Å². The van der Waals surface area contributed by atoms with Gasteiger partial charge in [0.25, 0.3) is 0 Å². The van der Waals surface area contributed by atoms with Crippen molar-refractivity contribution in [1.82, 2.24) is 0 Å². The van der Waals surface area contributed by atoms with Crippen LogP contribution in [0.4, 0.5) is 0 Å². The average Bonchev–Trinajstić information content (AvgIpc) is 2.20. The molecule has 0 aliphatic carbocycles. The second-order valence-electron chi connectivity index (χ2n) is 2.79. The Morgan fingerprint density at radius 3 is 2.79 bits per heavy atom. The Bertz CT molecular complexity index is 423. The highest BCUT2D eigenvalue weighted by Gasteiger charge is 2.13. The molecule has 72 valence electrons. The second-order valence-corrected chi connectivity index (χ2v) is 4.43. The molecule has 1 aromatic rings. The van der Waals surface area contributed by atoms with Crippen molar-refractivity contribution >= 4 is 44.3 Å². The number of nitrogens with zero attached hydrogens (tertiary/aromatic N) is 1. The van der Waals surface area contributed by atoms with Gasteiger partial charge >= 0.3 is 0 Å². The number of carbonyl (C=O) groups is 1. The third-order valence-electron chi connectivity index (χ3n) is 1.87. The maximum Gasteiger partial charge on any atom is 0.174 e. The first-order chi connectivity index (χ1) is 6.61. The Labute approximate surface area is 105 Å². The Hall–Kier alpha value is -0.410. The standard InChI is InChI=1S/C10H7BrINO/c1-6-2-3-7(9(14)4-11)8(5-13)10(6)12/h2-3H,4H2,1H3. The predicted octanol–water partition coefficient (Wildman–Crippen LogP) is 3.05. The molecule has 0 N–H and O–H groups in total. The first kappa shape index (κ1) is 11.7. The minimum Gasteiger partial charge on any atom is -0.293 e. The summed E-state index contributed by atoms with van der Waals surface area (Å²) in [5.74, 6) is -0.0560. The third-order valence-corrected chi connectivity index (χ3v) is 3.77. The van der Waals surface area contributed by atoms with Crippen molar-refractivity contribution in [2.45, 2.75) is 6.92 Å². The average molecular weight is 364 g/mol. The minimum atomic E-state index is -0.0560. The van der Waals surface area contributed by atoms with E-state index in [9.17, 15) is 4.79 Å². The fourth-order valence-corrected chi connectivity index (χ4v) is 1.99. The zero-order valence-electron chi connectivity index (χ0n) is 7.47. The van der Waals surface area contributed by atoms with E-state index in [1.54, 1.807) is 6.07 Å². The van der Waals surface area contributed by atoms with Gasteiger partial charge in [-0.2, -0.15) is 5.26 Å². The summed E-state index contributed by atoms with van der Waals surface area (Å²) < 4.78 is 0.858. The highest BCUT2D eigenvalue weighted by Crippen LogP contribution is 2.21. The molecule has 2 nitrogen and oxygen atoms in total. The molecule has 1 rings (SSSR count). The van der Waals surface area contributed by atoms with E-state index < -0.39 is 0 Å². The van der Waals surface area contributed by atoms with E-state index in [1.165, 1.54) is 0 Å². The number of nitriles is 1. The SMILES string of the molecule is Cc1ccc(C(=O)CBr)c(C#N)c1I. The first-order valence-corrected chi connectivity index (χ1v) is 6.10. The molecule has 0 saturated carbocycles. The second kappa shape index (κ2) is 4.89. The van der Waals surface area contributed by atoms with Gasteiger partial charge in [-0.15, -0.1) is 0 Å². The van der Waals surface area contributed by atoms with Crippen molar-refractivity contribution in [2.24, 2.45) is 0 Å². The van der Waals surface area contributed by atoms with Crippen molar-refractivity contribution < 1.29 is 4.79 Å². The van der Waals surface area contributed by atoms with Crippen molar-refractivity contribution in [3.05, 3.63) is 32.4 Å². The molecule has 4 heteroatoms. The number of ketones is 1. The Morgan fingerprint density at radius 1 is 1.64 bits per heavy atom. The monoisotopic (exact) mass is 363 g/mol. The van der Waals surface area contributed by atoms with E-state index in [4.69, 9.17) is 5.26 Å². The molecule has 14 heavy (non-hydrogen) atoms. The zero-order chi connectivity index (χ0) is 10.7. The van der Waals surface area contributed by atoms with Gasteiger partial charge in [0.05, 0.1) is 10.9 Å². The van der Waals surface area contributed by atoms with E-state index in [0.29, 0.717) is 11.1 Å². The predicted molar refractivity (Wildman–Crippen MR) is 66.7 cm³/mol. The van der Waals surface area contributed by atoms with Gasteiger partial charge in [0, 0.05) is 9.13 Å². The van der Waals surface area contributed by atoms with Crippen molar-refractivity contribution in [3.8, 4) is 6.07 Å². The number of carbonyl (C=O) groups excluding carboxylic acids is 1. The lowest BCUT2D eigenvalue weighted by Gasteiger charge is -2.05. The minimum absolute atomic E-state index is 0.0560. The largest absolute Gasteiger partial charge is 0.293 e. The first-order valence-electron chi connectivity index (χ1n) is 3.90. The molecule has 0 radical (unpaired) electrons. The normalized spacial score (nSPS) is 9.57. The number of alkyl halides is 1. The summed E-state index contributed by atoms with van der Waals surface area (Å²) in [7, 11) is 0. The lowest BCUT2D eigenvalue weighted by Crippen LogP contribution is -2.05. The topological polar surface area (TPSA) is 40.9 Å². The molecule has 0 aromatic heterocycles. The summed E-state index contributed by atoms with van der Waals surface area (Å²) in [5.41, 5.74) is 2.00.